The van der Waals surface area contributed by atoms with Crippen LogP contribution in [0.5, 0.6) is 0 Å². The average molecular weight is 384 g/mol. The zero-order valence-electron chi connectivity index (χ0n) is 13.8. The molecule has 2 heterocycles. The molecule has 0 bridgehead atoms. The molecule has 0 saturated carbocycles. The van der Waals surface area contributed by atoms with Gasteiger partial charge in [-0.05, 0) is 24.6 Å². The molecular weight excluding hydrogens is 370 g/mol. The Morgan fingerprint density at radius 2 is 1.65 bits per heavy atom. The lowest BCUT2D eigenvalue weighted by Gasteiger charge is -2.07. The van der Waals surface area contributed by atoms with Crippen molar-refractivity contribution >= 4 is 32.7 Å². The quantitative estimate of drug-likeness (QED) is 0.495. The Balaban J connectivity index is 2.03. The Kier molecular flexibility index (Phi) is 4.01. The van der Waals surface area contributed by atoms with Crippen molar-refractivity contribution in [3.05, 3.63) is 77.8 Å². The first-order valence-corrected chi connectivity index (χ1v) is 9.69. The molecule has 0 fully saturated rings. The number of hydrogen-bond donors (Lipinski definition) is 0. The van der Waals surface area contributed by atoms with E-state index in [1.165, 1.54) is 10.3 Å². The van der Waals surface area contributed by atoms with Crippen LogP contribution in [0.3, 0.4) is 0 Å². The van der Waals surface area contributed by atoms with Gasteiger partial charge in [0.2, 0.25) is 0 Å². The van der Waals surface area contributed by atoms with Crippen LogP contribution in [0, 0.1) is 6.92 Å². The third kappa shape index (κ3) is 2.67. The molecule has 0 atom stereocenters. The molecular formula is C19H14ClN3O2S. The van der Waals surface area contributed by atoms with E-state index in [-0.39, 0.29) is 15.7 Å². The van der Waals surface area contributed by atoms with Gasteiger partial charge in [0.15, 0.2) is 5.65 Å². The molecule has 0 aliphatic carbocycles. The number of aromatic nitrogens is 3. The van der Waals surface area contributed by atoms with Gasteiger partial charge in [0, 0.05) is 11.8 Å². The maximum atomic E-state index is 13.2. The van der Waals surface area contributed by atoms with E-state index in [9.17, 15) is 8.42 Å². The lowest BCUT2D eigenvalue weighted by atomic mass is 10.1. The number of benzene rings is 2. The van der Waals surface area contributed by atoms with Gasteiger partial charge in [-0.15, -0.1) is 0 Å². The fourth-order valence-corrected chi connectivity index (χ4v) is 4.39. The van der Waals surface area contributed by atoms with E-state index in [0.717, 1.165) is 11.1 Å². The Bertz CT molecular complexity index is 1200. The molecule has 2 aromatic carbocycles. The molecule has 5 nitrogen and oxygen atoms in total. The third-order valence-electron chi connectivity index (χ3n) is 4.17. The molecule has 0 amide bonds. The predicted octanol–water partition coefficient (Wildman–Crippen LogP) is 4.30. The highest BCUT2D eigenvalue weighted by molar-refractivity contribution is 7.90. The lowest BCUT2D eigenvalue weighted by Crippen LogP contribution is -2.12. The average Bonchev–Trinajstić information content (AvgIpc) is 3.05. The van der Waals surface area contributed by atoms with E-state index in [2.05, 4.69) is 9.97 Å². The minimum absolute atomic E-state index is 0.189. The molecule has 4 aromatic rings. The van der Waals surface area contributed by atoms with Gasteiger partial charge in [-0.25, -0.2) is 22.4 Å². The third-order valence-corrected chi connectivity index (χ3v) is 6.12. The van der Waals surface area contributed by atoms with Gasteiger partial charge in [0.25, 0.3) is 10.0 Å². The Morgan fingerprint density at radius 1 is 0.962 bits per heavy atom. The summed E-state index contributed by atoms with van der Waals surface area (Å²) in [5.41, 5.74) is 2.75. The van der Waals surface area contributed by atoms with E-state index >= 15 is 0 Å². The fourth-order valence-electron chi connectivity index (χ4n) is 2.84. The molecule has 0 aliphatic heterocycles. The highest BCUT2D eigenvalue weighted by atomic mass is 35.5. The predicted molar refractivity (Wildman–Crippen MR) is 102 cm³/mol. The zero-order chi connectivity index (χ0) is 18.3. The standard InChI is InChI=1S/C19H14ClN3O2S/c1-13-7-9-15(10-8-13)26(24,25)23-11-16(14-5-3-2-4-6-14)17-18(20)21-12-22-19(17)23/h2-12H,1H3. The van der Waals surface area contributed by atoms with Crippen molar-refractivity contribution in [3.63, 3.8) is 0 Å². The largest absolute Gasteiger partial charge is 0.269 e. The molecule has 0 saturated heterocycles. The minimum Gasteiger partial charge on any atom is -0.224 e. The van der Waals surface area contributed by atoms with Crippen LogP contribution in [0.2, 0.25) is 5.15 Å². The first-order chi connectivity index (χ1) is 12.5. The molecule has 0 N–H and O–H groups in total. The van der Waals surface area contributed by atoms with Gasteiger partial charge >= 0.3 is 0 Å². The van der Waals surface area contributed by atoms with Crippen LogP contribution in [0.15, 0.2) is 72.0 Å². The summed E-state index contributed by atoms with van der Waals surface area (Å²) in [6.07, 6.45) is 2.82. The summed E-state index contributed by atoms with van der Waals surface area (Å²) in [5.74, 6) is 0. The van der Waals surface area contributed by atoms with Crippen molar-refractivity contribution in [1.29, 1.82) is 0 Å². The molecule has 0 unspecified atom stereocenters. The highest BCUT2D eigenvalue weighted by Crippen LogP contribution is 2.35. The number of aryl methyl sites for hydroxylation is 1. The summed E-state index contributed by atoms with van der Waals surface area (Å²) >= 11 is 6.28. The van der Waals surface area contributed by atoms with E-state index in [1.807, 2.05) is 37.3 Å². The molecule has 0 radical (unpaired) electrons. The van der Waals surface area contributed by atoms with E-state index in [4.69, 9.17) is 11.6 Å². The fraction of sp³-hybridized carbons (Fsp3) is 0.0526. The molecule has 0 aliphatic rings. The number of halogens is 1. The van der Waals surface area contributed by atoms with Crippen LogP contribution in [0.1, 0.15) is 5.56 Å². The van der Waals surface area contributed by atoms with Crippen molar-refractivity contribution in [1.82, 2.24) is 13.9 Å². The second-order valence-corrected chi connectivity index (χ2v) is 8.06. The van der Waals surface area contributed by atoms with Crippen LogP contribution in [0.25, 0.3) is 22.2 Å². The van der Waals surface area contributed by atoms with Crippen LogP contribution < -0.4 is 0 Å². The van der Waals surface area contributed by atoms with Gasteiger partial charge in [-0.3, -0.25) is 0 Å². The zero-order valence-corrected chi connectivity index (χ0v) is 15.4. The maximum absolute atomic E-state index is 13.2. The van der Waals surface area contributed by atoms with Crippen LogP contribution in [0.4, 0.5) is 0 Å². The number of fused-ring (bicyclic) bond motifs is 1. The molecule has 26 heavy (non-hydrogen) atoms. The summed E-state index contributed by atoms with van der Waals surface area (Å²) < 4.78 is 27.5. The van der Waals surface area contributed by atoms with E-state index in [0.29, 0.717) is 10.9 Å². The van der Waals surface area contributed by atoms with Gasteiger partial charge in [0.05, 0.1) is 10.3 Å². The summed E-state index contributed by atoms with van der Waals surface area (Å²) in [6.45, 7) is 1.90. The lowest BCUT2D eigenvalue weighted by molar-refractivity contribution is 0.589. The molecule has 4 rings (SSSR count). The highest BCUT2D eigenvalue weighted by Gasteiger charge is 2.24. The monoisotopic (exact) mass is 383 g/mol. The number of nitrogens with zero attached hydrogens (tertiary/aromatic N) is 3. The summed E-state index contributed by atoms with van der Waals surface area (Å²) in [6, 6.07) is 16.1. The summed E-state index contributed by atoms with van der Waals surface area (Å²) in [7, 11) is -3.82. The number of hydrogen-bond acceptors (Lipinski definition) is 4. The van der Waals surface area contributed by atoms with Crippen molar-refractivity contribution < 1.29 is 8.42 Å². The summed E-state index contributed by atoms with van der Waals surface area (Å²) in [5, 5.41) is 0.725. The smallest absolute Gasteiger partial charge is 0.224 e. The second-order valence-electron chi connectivity index (χ2n) is 5.89. The summed E-state index contributed by atoms with van der Waals surface area (Å²) in [4.78, 5) is 8.39. The Morgan fingerprint density at radius 3 is 2.35 bits per heavy atom. The SMILES string of the molecule is Cc1ccc(S(=O)(=O)n2cc(-c3ccccc3)c3c(Cl)ncnc32)cc1. The Hall–Kier alpha value is -2.70. The van der Waals surface area contributed by atoms with Gasteiger partial charge in [-0.1, -0.05) is 59.6 Å². The van der Waals surface area contributed by atoms with E-state index in [1.54, 1.807) is 30.5 Å². The van der Waals surface area contributed by atoms with Crippen LogP contribution >= 0.6 is 11.6 Å². The first kappa shape index (κ1) is 16.8. The maximum Gasteiger partial charge on any atom is 0.269 e. The molecule has 0 spiro atoms. The van der Waals surface area contributed by atoms with Crippen molar-refractivity contribution in [2.45, 2.75) is 11.8 Å². The molecule has 130 valence electrons. The van der Waals surface area contributed by atoms with E-state index < -0.39 is 10.0 Å². The van der Waals surface area contributed by atoms with Gasteiger partial charge in [0.1, 0.15) is 11.5 Å². The molecule has 7 heteroatoms. The second kappa shape index (κ2) is 6.23. The van der Waals surface area contributed by atoms with Crippen molar-refractivity contribution in [2.24, 2.45) is 0 Å². The first-order valence-electron chi connectivity index (χ1n) is 7.88. The topological polar surface area (TPSA) is 64.8 Å². The van der Waals surface area contributed by atoms with Gasteiger partial charge < -0.3 is 0 Å². The Labute approximate surface area is 156 Å². The number of rotatable bonds is 3. The van der Waals surface area contributed by atoms with Gasteiger partial charge in [-0.2, -0.15) is 0 Å². The normalized spacial score (nSPS) is 11.8. The minimum atomic E-state index is -3.82. The molecule has 2 aromatic heterocycles. The van der Waals surface area contributed by atoms with Crippen LogP contribution in [-0.2, 0) is 10.0 Å². The van der Waals surface area contributed by atoms with Crippen molar-refractivity contribution in [2.75, 3.05) is 0 Å². The van der Waals surface area contributed by atoms with Crippen molar-refractivity contribution in [3.8, 4) is 11.1 Å². The van der Waals surface area contributed by atoms with Crippen LogP contribution in [-0.4, -0.2) is 22.4 Å².